The fourth-order valence-electron chi connectivity index (χ4n) is 3.02. The number of carbonyl (C=O) groups excluding carboxylic acids is 1. The van der Waals surface area contributed by atoms with Crippen LogP contribution in [0.1, 0.15) is 18.2 Å². The van der Waals surface area contributed by atoms with Gasteiger partial charge in [0.25, 0.3) is 11.5 Å². The molecule has 8 nitrogen and oxygen atoms in total. The number of aromatic nitrogens is 2. The van der Waals surface area contributed by atoms with Crippen LogP contribution in [0.2, 0.25) is 0 Å². The van der Waals surface area contributed by atoms with Gasteiger partial charge in [0.1, 0.15) is 5.69 Å². The highest BCUT2D eigenvalue weighted by Gasteiger charge is 2.22. The topological polar surface area (TPSA) is 98.3 Å². The summed E-state index contributed by atoms with van der Waals surface area (Å²) in [7, 11) is 3.20. The zero-order chi connectivity index (χ0) is 21.8. The van der Waals surface area contributed by atoms with E-state index in [1.54, 1.807) is 37.7 Å². The molecular weight excluding hydrogens is 384 g/mol. The Balaban J connectivity index is 1.83. The molecule has 0 saturated heterocycles. The maximum absolute atomic E-state index is 12.9. The van der Waals surface area contributed by atoms with Gasteiger partial charge in [0.2, 0.25) is 0 Å². The molecular formula is C22H22N4O4. The number of nitrogens with one attached hydrogen (secondary N) is 1. The van der Waals surface area contributed by atoms with E-state index < -0.39 is 12.0 Å². The van der Waals surface area contributed by atoms with Crippen molar-refractivity contribution >= 4 is 11.6 Å². The van der Waals surface area contributed by atoms with Crippen LogP contribution in [0.5, 0.6) is 11.5 Å². The van der Waals surface area contributed by atoms with E-state index in [-0.39, 0.29) is 11.2 Å². The first-order valence-electron chi connectivity index (χ1n) is 9.27. The minimum atomic E-state index is -0.906. The number of carbonyl (C=O) groups is 1. The van der Waals surface area contributed by atoms with Crippen molar-refractivity contribution in [3.05, 3.63) is 70.1 Å². The van der Waals surface area contributed by atoms with Gasteiger partial charge in [-0.25, -0.2) is 4.68 Å². The molecule has 0 aliphatic carbocycles. The second-order valence-electron chi connectivity index (χ2n) is 6.66. The standard InChI is InChI=1S/C22H22N4O4/c1-14-20(22(28)26(25(14)3)17-8-6-5-7-9-17)24-21(27)15(2)30-18-11-10-16(13-23)12-19(18)29-4/h5-12,15H,1-4H3,(H,24,27). The smallest absolute Gasteiger partial charge is 0.295 e. The van der Waals surface area contributed by atoms with Crippen molar-refractivity contribution in [2.45, 2.75) is 20.0 Å². The number of nitrogens with zero attached hydrogens (tertiary/aromatic N) is 3. The van der Waals surface area contributed by atoms with E-state index in [1.165, 1.54) is 17.9 Å². The number of para-hydroxylation sites is 1. The molecule has 8 heteroatoms. The summed E-state index contributed by atoms with van der Waals surface area (Å²) < 4.78 is 14.1. The lowest BCUT2D eigenvalue weighted by Gasteiger charge is -2.16. The van der Waals surface area contributed by atoms with E-state index in [0.29, 0.717) is 28.4 Å². The number of nitriles is 1. The van der Waals surface area contributed by atoms with Gasteiger partial charge in [-0.1, -0.05) is 18.2 Å². The molecule has 2 aromatic carbocycles. The maximum atomic E-state index is 12.9. The normalized spacial score (nSPS) is 11.4. The Kier molecular flexibility index (Phi) is 5.93. The van der Waals surface area contributed by atoms with Crippen LogP contribution in [-0.4, -0.2) is 28.5 Å². The number of amides is 1. The van der Waals surface area contributed by atoms with E-state index in [1.807, 2.05) is 36.4 Å². The third kappa shape index (κ3) is 3.91. The number of ether oxygens (including phenoxy) is 2. The maximum Gasteiger partial charge on any atom is 0.295 e. The monoisotopic (exact) mass is 406 g/mol. The first-order chi connectivity index (χ1) is 14.4. The van der Waals surface area contributed by atoms with Crippen LogP contribution in [0, 0.1) is 18.3 Å². The van der Waals surface area contributed by atoms with Crippen molar-refractivity contribution in [3.63, 3.8) is 0 Å². The van der Waals surface area contributed by atoms with Crippen molar-refractivity contribution in [3.8, 4) is 23.3 Å². The number of anilines is 1. The highest BCUT2D eigenvalue weighted by molar-refractivity contribution is 5.94. The van der Waals surface area contributed by atoms with Gasteiger partial charge in [-0.15, -0.1) is 0 Å². The van der Waals surface area contributed by atoms with Crippen LogP contribution in [0.3, 0.4) is 0 Å². The highest BCUT2D eigenvalue weighted by atomic mass is 16.5. The predicted octanol–water partition coefficient (Wildman–Crippen LogP) is 2.77. The molecule has 30 heavy (non-hydrogen) atoms. The number of benzene rings is 2. The summed E-state index contributed by atoms with van der Waals surface area (Å²) in [5, 5.41) is 11.7. The highest BCUT2D eigenvalue weighted by Crippen LogP contribution is 2.29. The summed E-state index contributed by atoms with van der Waals surface area (Å²) in [5.41, 5.74) is 1.57. The van der Waals surface area contributed by atoms with Crippen molar-refractivity contribution in [2.24, 2.45) is 7.05 Å². The van der Waals surface area contributed by atoms with Crippen molar-refractivity contribution in [1.82, 2.24) is 9.36 Å². The molecule has 0 spiro atoms. The lowest BCUT2D eigenvalue weighted by molar-refractivity contribution is -0.122. The Bertz CT molecular complexity index is 1170. The minimum Gasteiger partial charge on any atom is -0.493 e. The van der Waals surface area contributed by atoms with E-state index in [2.05, 4.69) is 5.32 Å². The van der Waals surface area contributed by atoms with Gasteiger partial charge < -0.3 is 14.8 Å². The molecule has 154 valence electrons. The van der Waals surface area contributed by atoms with Crippen molar-refractivity contribution in [1.29, 1.82) is 5.26 Å². The Morgan fingerprint density at radius 1 is 1.17 bits per heavy atom. The molecule has 3 aromatic rings. The minimum absolute atomic E-state index is 0.189. The first-order valence-corrected chi connectivity index (χ1v) is 9.27. The first kappa shape index (κ1) is 20.7. The van der Waals surface area contributed by atoms with Gasteiger partial charge in [0.05, 0.1) is 30.1 Å². The molecule has 0 aliphatic rings. The molecule has 0 radical (unpaired) electrons. The Morgan fingerprint density at radius 3 is 2.50 bits per heavy atom. The molecule has 0 aliphatic heterocycles. The molecule has 0 bridgehead atoms. The molecule has 3 rings (SSSR count). The predicted molar refractivity (Wildman–Crippen MR) is 112 cm³/mol. The molecule has 1 unspecified atom stereocenters. The van der Waals surface area contributed by atoms with Crippen LogP contribution < -0.4 is 20.3 Å². The van der Waals surface area contributed by atoms with Crippen LogP contribution in [0.25, 0.3) is 5.69 Å². The van der Waals surface area contributed by atoms with Crippen molar-refractivity contribution in [2.75, 3.05) is 12.4 Å². The molecule has 1 N–H and O–H groups in total. The van der Waals surface area contributed by atoms with E-state index in [0.717, 1.165) is 0 Å². The average Bonchev–Trinajstić information content (AvgIpc) is 2.97. The van der Waals surface area contributed by atoms with Gasteiger partial charge in [-0.3, -0.25) is 14.3 Å². The second-order valence-corrected chi connectivity index (χ2v) is 6.66. The summed E-state index contributed by atoms with van der Waals surface area (Å²) in [6.45, 7) is 3.33. The Hall–Kier alpha value is -3.99. The number of rotatable bonds is 6. The zero-order valence-electron chi connectivity index (χ0n) is 17.2. The fraction of sp³-hybridized carbons (Fsp3) is 0.227. The number of methoxy groups -OCH3 is 1. The van der Waals surface area contributed by atoms with Gasteiger partial charge >= 0.3 is 0 Å². The Labute approximate surface area is 173 Å². The third-order valence-electron chi connectivity index (χ3n) is 4.77. The fourth-order valence-corrected chi connectivity index (χ4v) is 3.02. The summed E-state index contributed by atoms with van der Waals surface area (Å²) in [5.74, 6) is 0.189. The van der Waals surface area contributed by atoms with E-state index >= 15 is 0 Å². The van der Waals surface area contributed by atoms with E-state index in [4.69, 9.17) is 14.7 Å². The largest absolute Gasteiger partial charge is 0.493 e. The van der Waals surface area contributed by atoms with Crippen molar-refractivity contribution < 1.29 is 14.3 Å². The lowest BCUT2D eigenvalue weighted by Crippen LogP contribution is -2.32. The van der Waals surface area contributed by atoms with Crippen LogP contribution in [0.15, 0.2) is 53.3 Å². The molecule has 1 amide bonds. The van der Waals surface area contributed by atoms with Crippen LogP contribution >= 0.6 is 0 Å². The molecule has 0 saturated carbocycles. The summed E-state index contributed by atoms with van der Waals surface area (Å²) in [4.78, 5) is 25.6. The average molecular weight is 406 g/mol. The zero-order valence-corrected chi connectivity index (χ0v) is 17.2. The lowest BCUT2D eigenvalue weighted by atomic mass is 10.2. The van der Waals surface area contributed by atoms with Gasteiger partial charge in [-0.2, -0.15) is 5.26 Å². The third-order valence-corrected chi connectivity index (χ3v) is 4.77. The van der Waals surface area contributed by atoms with Gasteiger partial charge in [0, 0.05) is 13.1 Å². The summed E-state index contributed by atoms with van der Waals surface area (Å²) in [6, 6.07) is 15.9. The van der Waals surface area contributed by atoms with Crippen LogP contribution in [0.4, 0.5) is 5.69 Å². The quantitative estimate of drug-likeness (QED) is 0.679. The van der Waals surface area contributed by atoms with Gasteiger partial charge in [-0.05, 0) is 38.1 Å². The summed E-state index contributed by atoms with van der Waals surface area (Å²) in [6.07, 6.45) is -0.906. The van der Waals surface area contributed by atoms with E-state index in [9.17, 15) is 9.59 Å². The summed E-state index contributed by atoms with van der Waals surface area (Å²) >= 11 is 0. The molecule has 1 atom stereocenters. The number of hydrogen-bond acceptors (Lipinski definition) is 5. The molecule has 0 fully saturated rings. The second kappa shape index (κ2) is 8.57. The molecule has 1 heterocycles. The Morgan fingerprint density at radius 2 is 1.87 bits per heavy atom. The number of hydrogen-bond donors (Lipinski definition) is 1. The SMILES string of the molecule is COc1cc(C#N)ccc1OC(C)C(=O)Nc1c(C)n(C)n(-c2ccccc2)c1=O. The molecule has 1 aromatic heterocycles. The van der Waals surface area contributed by atoms with Crippen LogP contribution in [-0.2, 0) is 11.8 Å². The van der Waals surface area contributed by atoms with Gasteiger partial charge in [0.15, 0.2) is 17.6 Å².